The van der Waals surface area contributed by atoms with Crippen LogP contribution in [0.1, 0.15) is 38.8 Å². The van der Waals surface area contributed by atoms with Crippen LogP contribution >= 0.6 is 0 Å². The van der Waals surface area contributed by atoms with Gasteiger partial charge < -0.3 is 9.47 Å². The van der Waals surface area contributed by atoms with Crippen molar-refractivity contribution in [2.24, 2.45) is 0 Å². The van der Waals surface area contributed by atoms with Crippen molar-refractivity contribution < 1.29 is 23.9 Å². The average molecular weight is 353 g/mol. The van der Waals surface area contributed by atoms with Crippen LogP contribution in [0.15, 0.2) is 42.5 Å². The summed E-state index contributed by atoms with van der Waals surface area (Å²) < 4.78 is 10.6. The average Bonchev–Trinajstić information content (AvgIpc) is 2.90. The Balaban J connectivity index is 1.73. The van der Waals surface area contributed by atoms with Gasteiger partial charge in [-0.05, 0) is 38.1 Å². The molecule has 0 aromatic heterocycles. The number of rotatable bonds is 5. The Morgan fingerprint density at radius 3 is 2.27 bits per heavy atom. The summed E-state index contributed by atoms with van der Waals surface area (Å²) in [5.41, 5.74) is 2.33. The fourth-order valence-corrected chi connectivity index (χ4v) is 2.95. The summed E-state index contributed by atoms with van der Waals surface area (Å²) in [4.78, 5) is 38.3. The molecule has 3 rings (SSSR count). The molecule has 0 fully saturated rings. The number of fused-ring (bicyclic) bond motifs is 1. The highest BCUT2D eigenvalue weighted by atomic mass is 16.5. The van der Waals surface area contributed by atoms with Gasteiger partial charge >= 0.3 is 5.97 Å². The number of benzene rings is 2. The molecule has 6 heteroatoms. The third kappa shape index (κ3) is 3.06. The lowest BCUT2D eigenvalue weighted by Crippen LogP contribution is -2.43. The minimum absolute atomic E-state index is 0.00278. The van der Waals surface area contributed by atoms with Gasteiger partial charge in [0.1, 0.15) is 18.4 Å². The Morgan fingerprint density at radius 2 is 1.69 bits per heavy atom. The Kier molecular flexibility index (Phi) is 4.75. The van der Waals surface area contributed by atoms with Gasteiger partial charge in [-0.25, -0.2) is 4.79 Å². The third-order valence-corrected chi connectivity index (χ3v) is 4.36. The summed E-state index contributed by atoms with van der Waals surface area (Å²) in [6.45, 7) is 3.40. The largest absolute Gasteiger partial charge is 0.496 e. The number of imide groups is 1. The normalized spacial score (nSPS) is 14.2. The van der Waals surface area contributed by atoms with Gasteiger partial charge in [0.15, 0.2) is 0 Å². The number of amides is 2. The fourth-order valence-electron chi connectivity index (χ4n) is 2.95. The predicted molar refractivity (Wildman–Crippen MR) is 93.9 cm³/mol. The summed E-state index contributed by atoms with van der Waals surface area (Å²) in [6.07, 6.45) is 0. The smallest absolute Gasteiger partial charge is 0.329 e. The molecule has 26 heavy (non-hydrogen) atoms. The number of carbonyl (C=O) groups is 3. The lowest BCUT2D eigenvalue weighted by molar-refractivity contribution is -0.149. The molecular formula is C20H19NO5. The van der Waals surface area contributed by atoms with Gasteiger partial charge in [-0.15, -0.1) is 0 Å². The second-order valence-corrected chi connectivity index (χ2v) is 6.12. The molecule has 0 saturated heterocycles. The van der Waals surface area contributed by atoms with E-state index in [-0.39, 0.29) is 6.61 Å². The molecule has 1 atom stereocenters. The summed E-state index contributed by atoms with van der Waals surface area (Å²) >= 11 is 0. The molecular weight excluding hydrogens is 334 g/mol. The van der Waals surface area contributed by atoms with Crippen molar-refractivity contribution in [2.75, 3.05) is 7.11 Å². The molecule has 1 heterocycles. The number of nitrogens with zero attached hydrogens (tertiary/aromatic N) is 1. The molecule has 6 nitrogen and oxygen atoms in total. The van der Waals surface area contributed by atoms with E-state index >= 15 is 0 Å². The van der Waals surface area contributed by atoms with Crippen molar-refractivity contribution in [3.63, 3.8) is 0 Å². The first-order valence-electron chi connectivity index (χ1n) is 8.21. The van der Waals surface area contributed by atoms with Crippen LogP contribution in [0.5, 0.6) is 5.75 Å². The first kappa shape index (κ1) is 17.7. The lowest BCUT2D eigenvalue weighted by atomic mass is 10.1. The zero-order valence-corrected chi connectivity index (χ0v) is 14.8. The van der Waals surface area contributed by atoms with Crippen molar-refractivity contribution in [3.05, 3.63) is 64.7 Å². The van der Waals surface area contributed by atoms with Crippen molar-refractivity contribution >= 4 is 17.8 Å². The number of hydrogen-bond donors (Lipinski definition) is 0. The summed E-state index contributed by atoms with van der Waals surface area (Å²) in [6, 6.07) is 11.0. The van der Waals surface area contributed by atoms with Crippen LogP contribution in [0.2, 0.25) is 0 Å². The number of carbonyl (C=O) groups excluding carboxylic acids is 3. The van der Waals surface area contributed by atoms with E-state index in [1.807, 2.05) is 19.1 Å². The number of hydrogen-bond acceptors (Lipinski definition) is 5. The van der Waals surface area contributed by atoms with E-state index in [1.165, 1.54) is 14.0 Å². The molecule has 0 radical (unpaired) electrons. The molecule has 1 aliphatic heterocycles. The van der Waals surface area contributed by atoms with E-state index in [1.54, 1.807) is 30.3 Å². The molecule has 1 aliphatic rings. The SMILES string of the molecule is COc1ccc(C)cc1COC(=O)[C@H](C)N1C(=O)c2ccccc2C1=O. The topological polar surface area (TPSA) is 72.9 Å². The van der Waals surface area contributed by atoms with Crippen LogP contribution < -0.4 is 4.74 Å². The molecule has 0 aliphatic carbocycles. The van der Waals surface area contributed by atoms with Crippen molar-refractivity contribution in [1.82, 2.24) is 4.90 Å². The first-order chi connectivity index (χ1) is 12.4. The maximum atomic E-state index is 12.4. The van der Waals surface area contributed by atoms with Gasteiger partial charge in [0.25, 0.3) is 11.8 Å². The Hall–Kier alpha value is -3.15. The molecule has 0 unspecified atom stereocenters. The molecule has 0 N–H and O–H groups in total. The lowest BCUT2D eigenvalue weighted by Gasteiger charge is -2.21. The summed E-state index contributed by atoms with van der Waals surface area (Å²) in [7, 11) is 1.54. The van der Waals surface area contributed by atoms with E-state index in [4.69, 9.17) is 9.47 Å². The van der Waals surface area contributed by atoms with Gasteiger partial charge in [-0.3, -0.25) is 14.5 Å². The van der Waals surface area contributed by atoms with E-state index in [9.17, 15) is 14.4 Å². The van der Waals surface area contributed by atoms with Gasteiger partial charge in [-0.2, -0.15) is 0 Å². The summed E-state index contributed by atoms with van der Waals surface area (Å²) in [5.74, 6) is -1.01. The van der Waals surface area contributed by atoms with Crippen LogP contribution in [0.25, 0.3) is 0 Å². The minimum atomic E-state index is -1.02. The van der Waals surface area contributed by atoms with E-state index in [0.717, 1.165) is 16.0 Å². The molecule has 0 bridgehead atoms. The second kappa shape index (κ2) is 7.00. The van der Waals surface area contributed by atoms with Crippen LogP contribution in [-0.2, 0) is 16.1 Å². The third-order valence-electron chi connectivity index (χ3n) is 4.36. The van der Waals surface area contributed by atoms with Crippen molar-refractivity contribution in [2.45, 2.75) is 26.5 Å². The van der Waals surface area contributed by atoms with E-state index < -0.39 is 23.8 Å². The fraction of sp³-hybridized carbons (Fsp3) is 0.250. The quantitative estimate of drug-likeness (QED) is 0.610. The minimum Gasteiger partial charge on any atom is -0.496 e. The standard InChI is InChI=1S/C20H19NO5/c1-12-8-9-17(25-3)14(10-12)11-26-20(24)13(2)21-18(22)15-6-4-5-7-16(15)19(21)23/h4-10,13H,11H2,1-3H3/t13-/m0/s1. The van der Waals surface area contributed by atoms with Crippen LogP contribution in [-0.4, -0.2) is 35.8 Å². The highest BCUT2D eigenvalue weighted by Gasteiger charge is 2.41. The molecule has 2 amide bonds. The second-order valence-electron chi connectivity index (χ2n) is 6.12. The number of ether oxygens (including phenoxy) is 2. The monoisotopic (exact) mass is 353 g/mol. The predicted octanol–water partition coefficient (Wildman–Crippen LogP) is 2.73. The highest BCUT2D eigenvalue weighted by molar-refractivity contribution is 6.22. The number of aryl methyl sites for hydroxylation is 1. The Bertz CT molecular complexity index is 855. The van der Waals surface area contributed by atoms with Gasteiger partial charge in [0.05, 0.1) is 18.2 Å². The maximum Gasteiger partial charge on any atom is 0.329 e. The van der Waals surface area contributed by atoms with Crippen molar-refractivity contribution in [1.29, 1.82) is 0 Å². The van der Waals surface area contributed by atoms with Crippen LogP contribution in [0.4, 0.5) is 0 Å². The highest BCUT2D eigenvalue weighted by Crippen LogP contribution is 2.25. The molecule has 2 aromatic rings. The van der Waals surface area contributed by atoms with Crippen molar-refractivity contribution in [3.8, 4) is 5.75 Å². The zero-order chi connectivity index (χ0) is 18.8. The maximum absolute atomic E-state index is 12.4. The Morgan fingerprint density at radius 1 is 1.08 bits per heavy atom. The van der Waals surface area contributed by atoms with E-state index in [0.29, 0.717) is 16.9 Å². The molecule has 0 spiro atoms. The van der Waals surface area contributed by atoms with Gasteiger partial charge in [0.2, 0.25) is 0 Å². The number of esters is 1. The first-order valence-corrected chi connectivity index (χ1v) is 8.21. The molecule has 0 saturated carbocycles. The zero-order valence-electron chi connectivity index (χ0n) is 14.8. The van der Waals surface area contributed by atoms with Crippen LogP contribution in [0.3, 0.4) is 0 Å². The van der Waals surface area contributed by atoms with Gasteiger partial charge in [-0.1, -0.05) is 23.8 Å². The number of methoxy groups -OCH3 is 1. The Labute approximate surface area is 151 Å². The van der Waals surface area contributed by atoms with Gasteiger partial charge in [0, 0.05) is 5.56 Å². The molecule has 2 aromatic carbocycles. The summed E-state index contributed by atoms with van der Waals surface area (Å²) in [5, 5.41) is 0. The van der Waals surface area contributed by atoms with E-state index in [2.05, 4.69) is 0 Å². The van der Waals surface area contributed by atoms with Crippen LogP contribution in [0, 0.1) is 6.92 Å². The molecule has 134 valence electrons.